The zero-order chi connectivity index (χ0) is 64.0. The third-order valence-electron chi connectivity index (χ3n) is 15.0. The third-order valence-corrected chi connectivity index (χ3v) is 15.0. The van der Waals surface area contributed by atoms with Gasteiger partial charge in [0, 0.05) is 39.9 Å². The summed E-state index contributed by atoms with van der Waals surface area (Å²) in [5, 5.41) is 0. The number of esters is 5. The molecule has 5 unspecified atom stereocenters. The van der Waals surface area contributed by atoms with Crippen LogP contribution in [0.2, 0.25) is 0 Å². The first-order chi connectivity index (χ1) is 40.5. The molecule has 18 nitrogen and oxygen atoms in total. The van der Waals surface area contributed by atoms with Crippen molar-refractivity contribution in [2.75, 3.05) is 20.6 Å². The zero-order valence-corrected chi connectivity index (χ0v) is 53.6. The summed E-state index contributed by atoms with van der Waals surface area (Å²) in [7, 11) is 2.90. The SMILES string of the molecule is CC(C)CC(C(=O)O[C@H](Cc1ccccc1)C(=O)N(C)C(CC(C)C)C(=O)O[C@@H]1CCCN(C(CC(C)C)C(=O)O[C@H](Cc2ccccc2)C(=O)OCc2ccccc2)C1=O)C(C)CCC(=O)[C@@H](C)OC(=O)C(CC(C)C)N(C)C(=O)OC(C)(C)C. The van der Waals surface area contributed by atoms with E-state index in [-0.39, 0.29) is 94.0 Å². The Bertz CT molecular complexity index is 2670. The Balaban J connectivity index is 1.53. The van der Waals surface area contributed by atoms with Crippen molar-refractivity contribution in [1.29, 1.82) is 0 Å². The number of hydrogen-bond donors (Lipinski definition) is 0. The summed E-state index contributed by atoms with van der Waals surface area (Å²) in [6, 6.07) is 23.8. The summed E-state index contributed by atoms with van der Waals surface area (Å²) in [6.45, 7) is 23.8. The summed E-state index contributed by atoms with van der Waals surface area (Å²) in [4.78, 5) is 131. The van der Waals surface area contributed by atoms with Gasteiger partial charge in [-0.25, -0.2) is 24.0 Å². The second kappa shape index (κ2) is 34.3. The Labute approximate surface area is 510 Å². The fraction of sp³-hybridized carbons (Fsp3) is 0.603. The lowest BCUT2D eigenvalue weighted by atomic mass is 9.83. The Hall–Kier alpha value is -7.11. The number of hydrogen-bond acceptors (Lipinski definition) is 15. The largest absolute Gasteiger partial charge is 0.458 e. The molecule has 1 aliphatic heterocycles. The lowest BCUT2D eigenvalue weighted by Gasteiger charge is -2.38. The molecule has 86 heavy (non-hydrogen) atoms. The van der Waals surface area contributed by atoms with Gasteiger partial charge in [0.25, 0.3) is 11.8 Å². The maximum atomic E-state index is 15.0. The molecule has 3 amide bonds. The molecule has 1 heterocycles. The molecule has 1 aliphatic rings. The van der Waals surface area contributed by atoms with Gasteiger partial charge >= 0.3 is 35.9 Å². The van der Waals surface area contributed by atoms with Crippen molar-refractivity contribution in [3.63, 3.8) is 0 Å². The average molecular weight is 1200 g/mol. The fourth-order valence-corrected chi connectivity index (χ4v) is 10.3. The van der Waals surface area contributed by atoms with Crippen molar-refractivity contribution in [1.82, 2.24) is 14.7 Å². The maximum absolute atomic E-state index is 15.0. The molecule has 9 atom stereocenters. The number of nitrogens with zero attached hydrogens (tertiary/aromatic N) is 3. The van der Waals surface area contributed by atoms with Crippen LogP contribution in [0, 0.1) is 35.5 Å². The predicted molar refractivity (Wildman–Crippen MR) is 326 cm³/mol. The number of amides is 3. The Morgan fingerprint density at radius 2 is 1.06 bits per heavy atom. The van der Waals surface area contributed by atoms with Crippen LogP contribution >= 0.6 is 0 Å². The molecule has 1 fully saturated rings. The van der Waals surface area contributed by atoms with Crippen LogP contribution in [0.1, 0.15) is 158 Å². The van der Waals surface area contributed by atoms with Gasteiger partial charge < -0.3 is 38.2 Å². The lowest BCUT2D eigenvalue weighted by molar-refractivity contribution is -0.179. The molecular formula is C68H97N3O15. The first kappa shape index (κ1) is 71.4. The number of carbonyl (C=O) groups is 9. The summed E-state index contributed by atoms with van der Waals surface area (Å²) in [6.07, 6.45) is -4.33. The standard InChI is InChI=1S/C68H97N3O15/c1-43(2)36-52(47(9)33-34-56(72)48(10)82-63(76)54(38-45(5)6)70(15)67(80)86-68(11,12)13)62(75)84-58(40-49-26-19-16-20-27-49)60(73)69(14)53(37-44(3)4)64(77)83-57-32-25-35-71(61(57)74)55(39-46(7)8)65(78)85-59(41-50-28-21-17-22-29-50)66(79)81-42-51-30-23-18-24-31-51/h16-24,26-31,43-48,52-55,57-59H,25,32-42H2,1-15H3/t47?,48-,52?,53?,54?,55?,57-,58-,59-/m1/s1. The number of rotatable bonds is 32. The van der Waals surface area contributed by atoms with Crippen molar-refractivity contribution >= 4 is 53.5 Å². The molecule has 0 aliphatic carbocycles. The topological polar surface area (TPSA) is 219 Å². The number of Topliss-reactive ketones (excluding diaryl/α,β-unsaturated/α-hetero) is 1. The van der Waals surface area contributed by atoms with Crippen LogP contribution in [0.4, 0.5) is 4.79 Å². The molecule has 0 N–H and O–H groups in total. The number of carbonyl (C=O) groups excluding carboxylic acids is 9. The van der Waals surface area contributed by atoms with Crippen molar-refractivity contribution in [3.05, 3.63) is 108 Å². The van der Waals surface area contributed by atoms with Gasteiger partial charge in [0.05, 0.1) is 5.92 Å². The smallest absolute Gasteiger partial charge is 0.410 e. The molecule has 1 saturated heterocycles. The lowest BCUT2D eigenvalue weighted by Crippen LogP contribution is -2.56. The van der Waals surface area contributed by atoms with Crippen LogP contribution in [-0.2, 0) is 86.2 Å². The number of piperidine rings is 1. The Morgan fingerprint density at radius 1 is 0.570 bits per heavy atom. The normalized spacial score (nSPS) is 16.4. The predicted octanol–water partition coefficient (Wildman–Crippen LogP) is 10.7. The average Bonchev–Trinajstić information content (AvgIpc) is 2.61. The highest BCUT2D eigenvalue weighted by molar-refractivity contribution is 5.93. The van der Waals surface area contributed by atoms with Crippen LogP contribution < -0.4 is 0 Å². The van der Waals surface area contributed by atoms with E-state index in [1.807, 2.05) is 129 Å². The first-order valence-electron chi connectivity index (χ1n) is 30.6. The first-order valence-corrected chi connectivity index (χ1v) is 30.6. The minimum absolute atomic E-state index is 0.00290. The molecule has 4 rings (SSSR count). The van der Waals surface area contributed by atoms with Gasteiger partial charge in [-0.15, -0.1) is 0 Å². The monoisotopic (exact) mass is 1200 g/mol. The van der Waals surface area contributed by atoms with E-state index in [9.17, 15) is 43.2 Å². The summed E-state index contributed by atoms with van der Waals surface area (Å²) < 4.78 is 35.2. The highest BCUT2D eigenvalue weighted by Crippen LogP contribution is 2.30. The summed E-state index contributed by atoms with van der Waals surface area (Å²) in [5.41, 5.74) is 1.36. The van der Waals surface area contributed by atoms with Crippen LogP contribution in [0.25, 0.3) is 0 Å². The van der Waals surface area contributed by atoms with Gasteiger partial charge in [-0.2, -0.15) is 0 Å². The van der Waals surface area contributed by atoms with E-state index in [1.165, 1.54) is 35.7 Å². The second-order valence-corrected chi connectivity index (χ2v) is 25.7. The van der Waals surface area contributed by atoms with E-state index in [0.29, 0.717) is 18.4 Å². The maximum Gasteiger partial charge on any atom is 0.410 e. The quantitative estimate of drug-likeness (QED) is 0.0419. The molecule has 18 heteroatoms. The van der Waals surface area contributed by atoms with Gasteiger partial charge in [-0.05, 0) is 119 Å². The molecule has 474 valence electrons. The van der Waals surface area contributed by atoms with E-state index in [1.54, 1.807) is 45.0 Å². The molecule has 3 aromatic rings. The third kappa shape index (κ3) is 23.3. The molecule has 0 radical (unpaired) electrons. The zero-order valence-electron chi connectivity index (χ0n) is 53.6. The van der Waals surface area contributed by atoms with Gasteiger partial charge in [-0.1, -0.05) is 153 Å². The molecule has 0 aromatic heterocycles. The number of benzene rings is 3. The summed E-state index contributed by atoms with van der Waals surface area (Å²) in [5.74, 6) is -6.96. The van der Waals surface area contributed by atoms with E-state index < -0.39 is 108 Å². The van der Waals surface area contributed by atoms with Gasteiger partial charge in [0.1, 0.15) is 30.3 Å². The number of ketones is 1. The number of likely N-dealkylation sites (N-methyl/N-ethyl adjacent to an activating group) is 2. The summed E-state index contributed by atoms with van der Waals surface area (Å²) >= 11 is 0. The highest BCUT2D eigenvalue weighted by atomic mass is 16.6. The van der Waals surface area contributed by atoms with E-state index >= 15 is 0 Å². The molecule has 0 spiro atoms. The van der Waals surface area contributed by atoms with E-state index in [2.05, 4.69) is 0 Å². The number of likely N-dealkylation sites (tertiary alicyclic amines) is 1. The van der Waals surface area contributed by atoms with Crippen LogP contribution in [0.3, 0.4) is 0 Å². The minimum atomic E-state index is -1.41. The van der Waals surface area contributed by atoms with E-state index in [4.69, 9.17) is 28.4 Å². The van der Waals surface area contributed by atoms with E-state index in [0.717, 1.165) is 11.1 Å². The highest BCUT2D eigenvalue weighted by Gasteiger charge is 2.44. The molecule has 3 aromatic carbocycles. The number of ether oxygens (including phenoxy) is 6. The van der Waals surface area contributed by atoms with Gasteiger partial charge in [-0.3, -0.25) is 24.1 Å². The van der Waals surface area contributed by atoms with Crippen LogP contribution in [0.5, 0.6) is 0 Å². The van der Waals surface area contributed by atoms with Gasteiger partial charge in [0.15, 0.2) is 24.1 Å². The molecule has 0 bridgehead atoms. The van der Waals surface area contributed by atoms with Crippen molar-refractivity contribution in [3.8, 4) is 0 Å². The Morgan fingerprint density at radius 3 is 1.57 bits per heavy atom. The second-order valence-electron chi connectivity index (χ2n) is 25.7. The van der Waals surface area contributed by atoms with Gasteiger partial charge in [0.2, 0.25) is 6.10 Å². The Kier molecular flexibility index (Phi) is 28.5. The van der Waals surface area contributed by atoms with Crippen molar-refractivity contribution in [2.24, 2.45) is 35.5 Å². The molecular weight excluding hydrogens is 1100 g/mol. The molecule has 0 saturated carbocycles. The van der Waals surface area contributed by atoms with Crippen LogP contribution in [-0.4, -0.2) is 137 Å². The van der Waals surface area contributed by atoms with Crippen molar-refractivity contribution < 1.29 is 71.6 Å². The van der Waals surface area contributed by atoms with Crippen molar-refractivity contribution in [2.45, 2.75) is 209 Å². The fourth-order valence-electron chi connectivity index (χ4n) is 10.3. The minimum Gasteiger partial charge on any atom is -0.458 e. The van der Waals surface area contributed by atoms with Crippen LogP contribution in [0.15, 0.2) is 91.0 Å².